The van der Waals surface area contributed by atoms with Crippen molar-refractivity contribution in [3.05, 3.63) is 77.5 Å². The van der Waals surface area contributed by atoms with Crippen molar-refractivity contribution in [2.75, 3.05) is 18.5 Å². The largest absolute Gasteiger partial charge is 0.493 e. The molecule has 3 aromatic rings. The molecule has 0 spiro atoms. The summed E-state index contributed by atoms with van der Waals surface area (Å²) in [5.41, 5.74) is 2.38. The van der Waals surface area contributed by atoms with E-state index in [4.69, 9.17) is 4.74 Å². The average Bonchev–Trinajstić information content (AvgIpc) is 3.03. The Hall–Kier alpha value is -4.13. The number of nitrogens with zero attached hydrogens (tertiary/aromatic N) is 1. The quantitative estimate of drug-likeness (QED) is 0.457. The van der Waals surface area contributed by atoms with Crippen LogP contribution in [0.5, 0.6) is 5.75 Å². The Labute approximate surface area is 185 Å². The van der Waals surface area contributed by atoms with Gasteiger partial charge in [0.25, 0.3) is 5.91 Å². The number of imide groups is 1. The lowest BCUT2D eigenvalue weighted by Gasteiger charge is -2.12. The number of hydrogen-bond acceptors (Lipinski definition) is 4. The summed E-state index contributed by atoms with van der Waals surface area (Å²) >= 11 is 0. The van der Waals surface area contributed by atoms with E-state index in [0.29, 0.717) is 23.6 Å². The molecule has 0 aromatic heterocycles. The Morgan fingerprint density at radius 3 is 2.69 bits per heavy atom. The molecule has 4 rings (SSSR count). The predicted molar refractivity (Wildman–Crippen MR) is 123 cm³/mol. The molecule has 0 saturated carbocycles. The van der Waals surface area contributed by atoms with Gasteiger partial charge in [0, 0.05) is 11.3 Å². The van der Waals surface area contributed by atoms with Crippen molar-refractivity contribution in [2.24, 2.45) is 0 Å². The molecule has 2 N–H and O–H groups in total. The molecule has 1 saturated heterocycles. The number of amides is 4. The first-order chi connectivity index (χ1) is 15.5. The monoisotopic (exact) mass is 429 g/mol. The van der Waals surface area contributed by atoms with Crippen molar-refractivity contribution in [1.29, 1.82) is 0 Å². The van der Waals surface area contributed by atoms with Crippen molar-refractivity contribution in [2.45, 2.75) is 13.8 Å². The third kappa shape index (κ3) is 4.32. The molecule has 7 heteroatoms. The molecule has 32 heavy (non-hydrogen) atoms. The van der Waals surface area contributed by atoms with Gasteiger partial charge < -0.3 is 15.4 Å². The molecule has 1 heterocycles. The van der Waals surface area contributed by atoms with Crippen LogP contribution in [0.3, 0.4) is 0 Å². The van der Waals surface area contributed by atoms with Crippen molar-refractivity contribution in [1.82, 2.24) is 10.2 Å². The van der Waals surface area contributed by atoms with E-state index in [0.717, 1.165) is 21.2 Å². The van der Waals surface area contributed by atoms with Crippen LogP contribution in [0, 0.1) is 6.92 Å². The second-order valence-corrected chi connectivity index (χ2v) is 7.43. The SMILES string of the molecule is CCOc1ccc2ccccc2c1/C=C1/NC(=O)N(CC(=O)Nc2cccc(C)c2)C1=O. The Bertz CT molecular complexity index is 1250. The van der Waals surface area contributed by atoms with E-state index < -0.39 is 17.8 Å². The highest BCUT2D eigenvalue weighted by Crippen LogP contribution is 2.31. The van der Waals surface area contributed by atoms with E-state index in [1.807, 2.05) is 68.4 Å². The van der Waals surface area contributed by atoms with Crippen LogP contribution in [0.2, 0.25) is 0 Å². The van der Waals surface area contributed by atoms with E-state index in [9.17, 15) is 14.4 Å². The van der Waals surface area contributed by atoms with Crippen LogP contribution in [-0.2, 0) is 9.59 Å². The van der Waals surface area contributed by atoms with Crippen LogP contribution in [0.15, 0.2) is 66.4 Å². The number of nitrogens with one attached hydrogen (secondary N) is 2. The fourth-order valence-electron chi connectivity index (χ4n) is 3.63. The molecule has 4 amide bonds. The smallest absolute Gasteiger partial charge is 0.329 e. The van der Waals surface area contributed by atoms with Gasteiger partial charge in [-0.15, -0.1) is 0 Å². The lowest BCUT2D eigenvalue weighted by atomic mass is 10.0. The first kappa shape index (κ1) is 21.1. The third-order valence-corrected chi connectivity index (χ3v) is 5.09. The van der Waals surface area contributed by atoms with E-state index in [1.54, 1.807) is 12.1 Å². The average molecular weight is 429 g/mol. The number of urea groups is 1. The maximum atomic E-state index is 12.9. The van der Waals surface area contributed by atoms with Gasteiger partial charge in [-0.25, -0.2) is 9.69 Å². The Balaban J connectivity index is 1.59. The standard InChI is InChI=1S/C25H23N3O4/c1-3-32-22-12-11-17-8-4-5-10-19(17)20(22)14-21-24(30)28(25(31)27-21)15-23(29)26-18-9-6-7-16(2)13-18/h4-14H,3,15H2,1-2H3,(H,26,29)(H,27,31)/b21-14+. The van der Waals surface area contributed by atoms with Gasteiger partial charge in [0.1, 0.15) is 18.0 Å². The summed E-state index contributed by atoms with van der Waals surface area (Å²) < 4.78 is 5.74. The Morgan fingerprint density at radius 2 is 1.91 bits per heavy atom. The van der Waals surface area contributed by atoms with Crippen molar-refractivity contribution >= 4 is 40.4 Å². The second kappa shape index (κ2) is 8.93. The number of anilines is 1. The summed E-state index contributed by atoms with van der Waals surface area (Å²) in [6.07, 6.45) is 1.60. The molecule has 0 atom stereocenters. The summed E-state index contributed by atoms with van der Waals surface area (Å²) in [5, 5.41) is 7.16. The van der Waals surface area contributed by atoms with Gasteiger partial charge in [-0.1, -0.05) is 42.5 Å². The van der Waals surface area contributed by atoms with Crippen LogP contribution < -0.4 is 15.4 Å². The third-order valence-electron chi connectivity index (χ3n) is 5.09. The zero-order valence-corrected chi connectivity index (χ0v) is 17.8. The summed E-state index contributed by atoms with van der Waals surface area (Å²) in [5.74, 6) is -0.415. The van der Waals surface area contributed by atoms with Crippen LogP contribution in [-0.4, -0.2) is 35.9 Å². The van der Waals surface area contributed by atoms with Gasteiger partial charge in [0.15, 0.2) is 0 Å². The van der Waals surface area contributed by atoms with Crippen LogP contribution in [0.1, 0.15) is 18.1 Å². The normalized spacial score (nSPS) is 14.7. The van der Waals surface area contributed by atoms with Gasteiger partial charge in [0.2, 0.25) is 5.91 Å². The lowest BCUT2D eigenvalue weighted by molar-refractivity contribution is -0.127. The molecule has 0 unspecified atom stereocenters. The highest BCUT2D eigenvalue weighted by atomic mass is 16.5. The zero-order valence-electron chi connectivity index (χ0n) is 17.8. The number of benzene rings is 3. The molecule has 1 aliphatic rings. The van der Waals surface area contributed by atoms with Gasteiger partial charge in [-0.05, 0) is 54.5 Å². The fourth-order valence-corrected chi connectivity index (χ4v) is 3.63. The van der Waals surface area contributed by atoms with Gasteiger partial charge in [-0.3, -0.25) is 9.59 Å². The van der Waals surface area contributed by atoms with Crippen molar-refractivity contribution in [3.63, 3.8) is 0 Å². The van der Waals surface area contributed by atoms with Gasteiger partial charge in [-0.2, -0.15) is 0 Å². The topological polar surface area (TPSA) is 87.7 Å². The van der Waals surface area contributed by atoms with Crippen molar-refractivity contribution < 1.29 is 19.1 Å². The highest BCUT2D eigenvalue weighted by Gasteiger charge is 2.35. The maximum Gasteiger partial charge on any atom is 0.329 e. The number of carbonyl (C=O) groups is 3. The molecule has 1 aliphatic heterocycles. The molecule has 0 bridgehead atoms. The Kier molecular flexibility index (Phi) is 5.89. The molecular formula is C25H23N3O4. The fraction of sp³-hybridized carbons (Fsp3) is 0.160. The van der Waals surface area contributed by atoms with Crippen LogP contribution >= 0.6 is 0 Å². The molecule has 0 radical (unpaired) electrons. The van der Waals surface area contributed by atoms with Crippen LogP contribution in [0.4, 0.5) is 10.5 Å². The van der Waals surface area contributed by atoms with E-state index in [1.165, 1.54) is 0 Å². The maximum absolute atomic E-state index is 12.9. The first-order valence-corrected chi connectivity index (χ1v) is 10.3. The molecule has 7 nitrogen and oxygen atoms in total. The lowest BCUT2D eigenvalue weighted by Crippen LogP contribution is -2.38. The van der Waals surface area contributed by atoms with E-state index in [2.05, 4.69) is 10.6 Å². The summed E-state index contributed by atoms with van der Waals surface area (Å²) in [4.78, 5) is 38.7. The van der Waals surface area contributed by atoms with Crippen molar-refractivity contribution in [3.8, 4) is 5.75 Å². The number of ether oxygens (including phenoxy) is 1. The minimum atomic E-state index is -0.640. The Morgan fingerprint density at radius 1 is 1.09 bits per heavy atom. The zero-order chi connectivity index (χ0) is 22.7. The minimum Gasteiger partial charge on any atom is -0.493 e. The molecule has 0 aliphatic carbocycles. The molecular weight excluding hydrogens is 406 g/mol. The molecule has 3 aromatic carbocycles. The minimum absolute atomic E-state index is 0.0932. The number of rotatable bonds is 6. The van der Waals surface area contributed by atoms with Crippen LogP contribution in [0.25, 0.3) is 16.8 Å². The number of carbonyl (C=O) groups excluding carboxylic acids is 3. The van der Waals surface area contributed by atoms with Gasteiger partial charge >= 0.3 is 6.03 Å². The number of fused-ring (bicyclic) bond motifs is 1. The number of hydrogen-bond donors (Lipinski definition) is 2. The summed E-state index contributed by atoms with van der Waals surface area (Å²) in [7, 11) is 0. The second-order valence-electron chi connectivity index (χ2n) is 7.43. The summed E-state index contributed by atoms with van der Waals surface area (Å²) in [6.45, 7) is 3.86. The first-order valence-electron chi connectivity index (χ1n) is 10.3. The molecule has 1 fully saturated rings. The summed E-state index contributed by atoms with van der Waals surface area (Å²) in [6, 6.07) is 18.2. The highest BCUT2D eigenvalue weighted by molar-refractivity contribution is 6.16. The van der Waals surface area contributed by atoms with E-state index >= 15 is 0 Å². The van der Waals surface area contributed by atoms with Gasteiger partial charge in [0.05, 0.1) is 6.61 Å². The number of aryl methyl sites for hydroxylation is 1. The predicted octanol–water partition coefficient (Wildman–Crippen LogP) is 4.08. The molecule has 162 valence electrons. The van der Waals surface area contributed by atoms with E-state index in [-0.39, 0.29) is 12.2 Å².